The van der Waals surface area contributed by atoms with Crippen LogP contribution in [-0.2, 0) is 16.1 Å². The van der Waals surface area contributed by atoms with Gasteiger partial charge in [0.1, 0.15) is 6.61 Å². The summed E-state index contributed by atoms with van der Waals surface area (Å²) in [6.07, 6.45) is 0. The molecule has 0 aliphatic carbocycles. The first-order chi connectivity index (χ1) is 9.09. The molecule has 98 valence electrons. The lowest BCUT2D eigenvalue weighted by Gasteiger charge is -2.14. The van der Waals surface area contributed by atoms with E-state index in [2.05, 4.69) is 31.2 Å². The predicted molar refractivity (Wildman–Crippen MR) is 76.8 cm³/mol. The number of aryl methyl sites for hydroxylation is 1. The fourth-order valence-corrected chi connectivity index (χ4v) is 2.22. The number of ether oxygens (including phenoxy) is 1. The smallest absolute Gasteiger partial charge is 0.302 e. The summed E-state index contributed by atoms with van der Waals surface area (Å²) in [5.41, 5.74) is 5.79. The molecule has 0 spiro atoms. The molecule has 0 aliphatic rings. The van der Waals surface area contributed by atoms with Crippen LogP contribution in [0.3, 0.4) is 0 Å². The Morgan fingerprint density at radius 3 is 2.37 bits per heavy atom. The molecule has 2 rings (SSSR count). The zero-order valence-electron chi connectivity index (χ0n) is 11.6. The zero-order chi connectivity index (χ0) is 13.8. The second kappa shape index (κ2) is 5.70. The number of benzene rings is 2. The average molecular weight is 254 g/mol. The molecule has 0 saturated carbocycles. The molecule has 0 bridgehead atoms. The standard InChI is InChI=1S/C17H18O2/c1-12-9-10-16(15-7-5-4-6-8-15)13(2)17(12)11-19-14(3)18/h4-10H,11H2,1-3H3. The second-order valence-electron chi connectivity index (χ2n) is 4.68. The lowest BCUT2D eigenvalue weighted by Crippen LogP contribution is -2.03. The number of esters is 1. The van der Waals surface area contributed by atoms with Crippen molar-refractivity contribution in [3.8, 4) is 11.1 Å². The Morgan fingerprint density at radius 1 is 1.05 bits per heavy atom. The molecule has 0 fully saturated rings. The van der Waals surface area contributed by atoms with Crippen LogP contribution >= 0.6 is 0 Å². The van der Waals surface area contributed by atoms with E-state index in [0.29, 0.717) is 6.61 Å². The largest absolute Gasteiger partial charge is 0.461 e. The number of hydrogen-bond acceptors (Lipinski definition) is 2. The SMILES string of the molecule is CC(=O)OCc1c(C)ccc(-c2ccccc2)c1C. The molecule has 0 saturated heterocycles. The Morgan fingerprint density at radius 2 is 1.74 bits per heavy atom. The highest BCUT2D eigenvalue weighted by Crippen LogP contribution is 2.28. The third-order valence-corrected chi connectivity index (χ3v) is 3.34. The van der Waals surface area contributed by atoms with E-state index in [0.717, 1.165) is 11.1 Å². The maximum Gasteiger partial charge on any atom is 0.302 e. The quantitative estimate of drug-likeness (QED) is 0.773. The highest BCUT2D eigenvalue weighted by molar-refractivity contribution is 5.70. The third kappa shape index (κ3) is 3.02. The van der Waals surface area contributed by atoms with E-state index in [9.17, 15) is 4.79 Å². The van der Waals surface area contributed by atoms with E-state index in [1.807, 2.05) is 25.1 Å². The summed E-state index contributed by atoms with van der Waals surface area (Å²) >= 11 is 0. The minimum Gasteiger partial charge on any atom is -0.461 e. The summed E-state index contributed by atoms with van der Waals surface area (Å²) < 4.78 is 5.14. The topological polar surface area (TPSA) is 26.3 Å². The minimum atomic E-state index is -0.246. The van der Waals surface area contributed by atoms with E-state index >= 15 is 0 Å². The first-order valence-electron chi connectivity index (χ1n) is 6.37. The highest BCUT2D eigenvalue weighted by Gasteiger charge is 2.10. The van der Waals surface area contributed by atoms with Gasteiger partial charge in [-0.25, -0.2) is 0 Å². The maximum atomic E-state index is 11.0. The molecule has 0 unspecified atom stereocenters. The molecule has 2 nitrogen and oxygen atoms in total. The van der Waals surface area contributed by atoms with Crippen molar-refractivity contribution in [1.82, 2.24) is 0 Å². The Labute approximate surface area is 114 Å². The van der Waals surface area contributed by atoms with Crippen LogP contribution in [0.4, 0.5) is 0 Å². The summed E-state index contributed by atoms with van der Waals surface area (Å²) in [5, 5.41) is 0. The molecule has 0 heterocycles. The Balaban J connectivity index is 2.42. The lowest BCUT2D eigenvalue weighted by molar-refractivity contribution is -0.142. The van der Waals surface area contributed by atoms with Gasteiger partial charge in [-0.05, 0) is 41.7 Å². The molecule has 2 aromatic carbocycles. The van der Waals surface area contributed by atoms with Crippen LogP contribution in [0.25, 0.3) is 11.1 Å². The van der Waals surface area contributed by atoms with Crippen LogP contribution in [0.15, 0.2) is 42.5 Å². The van der Waals surface area contributed by atoms with Crippen molar-refractivity contribution < 1.29 is 9.53 Å². The van der Waals surface area contributed by atoms with Gasteiger partial charge in [0.25, 0.3) is 0 Å². The molecular formula is C17H18O2. The third-order valence-electron chi connectivity index (χ3n) is 3.34. The van der Waals surface area contributed by atoms with Crippen molar-refractivity contribution in [1.29, 1.82) is 0 Å². The number of hydrogen-bond donors (Lipinski definition) is 0. The van der Waals surface area contributed by atoms with Gasteiger partial charge in [-0.2, -0.15) is 0 Å². The summed E-state index contributed by atoms with van der Waals surface area (Å²) in [4.78, 5) is 11.0. The summed E-state index contributed by atoms with van der Waals surface area (Å²) in [7, 11) is 0. The summed E-state index contributed by atoms with van der Waals surface area (Å²) in [6, 6.07) is 14.4. The molecule has 0 amide bonds. The monoisotopic (exact) mass is 254 g/mol. The van der Waals surface area contributed by atoms with Gasteiger partial charge in [0.15, 0.2) is 0 Å². The predicted octanol–water partition coefficient (Wildman–Crippen LogP) is 4.03. The molecule has 0 N–H and O–H groups in total. The van der Waals surface area contributed by atoms with Crippen LogP contribution in [0, 0.1) is 13.8 Å². The van der Waals surface area contributed by atoms with E-state index in [1.165, 1.54) is 23.6 Å². The van der Waals surface area contributed by atoms with Gasteiger partial charge in [-0.3, -0.25) is 4.79 Å². The van der Waals surface area contributed by atoms with Gasteiger partial charge >= 0.3 is 5.97 Å². The second-order valence-corrected chi connectivity index (χ2v) is 4.68. The Kier molecular flexibility index (Phi) is 4.00. The molecule has 19 heavy (non-hydrogen) atoms. The van der Waals surface area contributed by atoms with Gasteiger partial charge in [-0.1, -0.05) is 42.5 Å². The lowest BCUT2D eigenvalue weighted by atomic mass is 9.94. The molecule has 0 aromatic heterocycles. The van der Waals surface area contributed by atoms with Crippen molar-refractivity contribution in [2.24, 2.45) is 0 Å². The average Bonchev–Trinajstić information content (AvgIpc) is 2.39. The van der Waals surface area contributed by atoms with Gasteiger partial charge in [0, 0.05) is 6.92 Å². The molecule has 2 heteroatoms. The molecular weight excluding hydrogens is 236 g/mol. The van der Waals surface area contributed by atoms with Crippen LogP contribution in [0.1, 0.15) is 23.6 Å². The maximum absolute atomic E-state index is 11.0. The summed E-state index contributed by atoms with van der Waals surface area (Å²) in [6.45, 7) is 5.90. The molecule has 2 aromatic rings. The van der Waals surface area contributed by atoms with E-state index < -0.39 is 0 Å². The zero-order valence-corrected chi connectivity index (χ0v) is 11.6. The summed E-state index contributed by atoms with van der Waals surface area (Å²) in [5.74, 6) is -0.246. The first-order valence-corrected chi connectivity index (χ1v) is 6.37. The molecule has 0 radical (unpaired) electrons. The number of carbonyl (C=O) groups is 1. The van der Waals surface area contributed by atoms with Crippen LogP contribution in [0.5, 0.6) is 0 Å². The van der Waals surface area contributed by atoms with Gasteiger partial charge in [-0.15, -0.1) is 0 Å². The van der Waals surface area contributed by atoms with Crippen molar-refractivity contribution in [3.05, 3.63) is 59.2 Å². The van der Waals surface area contributed by atoms with E-state index in [-0.39, 0.29) is 5.97 Å². The number of carbonyl (C=O) groups excluding carboxylic acids is 1. The number of rotatable bonds is 3. The van der Waals surface area contributed by atoms with E-state index in [1.54, 1.807) is 0 Å². The van der Waals surface area contributed by atoms with Crippen molar-refractivity contribution in [2.75, 3.05) is 0 Å². The van der Waals surface area contributed by atoms with Gasteiger partial charge < -0.3 is 4.74 Å². The van der Waals surface area contributed by atoms with Gasteiger partial charge in [0.05, 0.1) is 0 Å². The van der Waals surface area contributed by atoms with Crippen molar-refractivity contribution in [2.45, 2.75) is 27.4 Å². The minimum absolute atomic E-state index is 0.246. The Hall–Kier alpha value is -2.09. The first kappa shape index (κ1) is 13.3. The van der Waals surface area contributed by atoms with Crippen molar-refractivity contribution >= 4 is 5.97 Å². The van der Waals surface area contributed by atoms with E-state index in [4.69, 9.17) is 4.74 Å². The van der Waals surface area contributed by atoms with Crippen LogP contribution in [0.2, 0.25) is 0 Å². The van der Waals surface area contributed by atoms with Crippen molar-refractivity contribution in [3.63, 3.8) is 0 Å². The van der Waals surface area contributed by atoms with Crippen LogP contribution < -0.4 is 0 Å². The van der Waals surface area contributed by atoms with Gasteiger partial charge in [0.2, 0.25) is 0 Å². The van der Waals surface area contributed by atoms with Crippen LogP contribution in [-0.4, -0.2) is 5.97 Å². The fourth-order valence-electron chi connectivity index (χ4n) is 2.22. The molecule has 0 atom stereocenters. The highest BCUT2D eigenvalue weighted by atomic mass is 16.5. The normalized spacial score (nSPS) is 10.3. The molecule has 0 aliphatic heterocycles. The Bertz CT molecular complexity index is 586. The fraction of sp³-hybridized carbons (Fsp3) is 0.235.